The monoisotopic (exact) mass is 284 g/mol. The van der Waals surface area contributed by atoms with E-state index in [1.807, 2.05) is 30.5 Å². The first kappa shape index (κ1) is 12.6. The van der Waals surface area contributed by atoms with Crippen LogP contribution in [0.15, 0.2) is 52.5 Å². The smallest absolute Gasteiger partial charge is 0.293 e. The Hall–Kier alpha value is -2.40. The Bertz CT molecular complexity index is 732. The lowest BCUT2D eigenvalue weighted by molar-refractivity contribution is 0.0996. The lowest BCUT2D eigenvalue weighted by atomic mass is 10.1. The van der Waals surface area contributed by atoms with Gasteiger partial charge in [0.15, 0.2) is 10.9 Å². The molecule has 0 aliphatic rings. The van der Waals surface area contributed by atoms with E-state index in [4.69, 9.17) is 4.42 Å². The van der Waals surface area contributed by atoms with Gasteiger partial charge in [-0.05, 0) is 25.1 Å². The number of carbonyl (C=O) groups excluding carboxylic acids is 1. The van der Waals surface area contributed by atoms with Crippen LogP contribution in [0.5, 0.6) is 0 Å². The van der Waals surface area contributed by atoms with Gasteiger partial charge in [0.2, 0.25) is 0 Å². The summed E-state index contributed by atoms with van der Waals surface area (Å²) in [5.41, 5.74) is 3.07. The van der Waals surface area contributed by atoms with Crippen molar-refractivity contribution in [3.8, 4) is 11.3 Å². The number of hydrogen-bond donors (Lipinski definition) is 1. The van der Waals surface area contributed by atoms with Gasteiger partial charge in [-0.2, -0.15) is 0 Å². The topological polar surface area (TPSA) is 55.1 Å². The Balaban J connectivity index is 1.79. The zero-order valence-electron chi connectivity index (χ0n) is 10.8. The molecule has 3 aromatic rings. The summed E-state index contributed by atoms with van der Waals surface area (Å²) < 4.78 is 5.04. The van der Waals surface area contributed by atoms with Gasteiger partial charge < -0.3 is 4.42 Å². The van der Waals surface area contributed by atoms with Crippen molar-refractivity contribution in [3.05, 3.63) is 59.4 Å². The first-order valence-corrected chi connectivity index (χ1v) is 6.98. The fraction of sp³-hybridized carbons (Fsp3) is 0.0667. The molecule has 1 N–H and O–H groups in total. The molecule has 1 aromatic carbocycles. The molecule has 0 saturated carbocycles. The first-order valence-electron chi connectivity index (χ1n) is 6.10. The molecule has 0 spiro atoms. The third-order valence-electron chi connectivity index (χ3n) is 2.78. The predicted octanol–water partition coefficient (Wildman–Crippen LogP) is 3.96. The Morgan fingerprint density at radius 3 is 2.95 bits per heavy atom. The van der Waals surface area contributed by atoms with Crippen LogP contribution in [-0.4, -0.2) is 10.9 Å². The average molecular weight is 284 g/mol. The maximum atomic E-state index is 11.8. The maximum absolute atomic E-state index is 11.8. The molecule has 5 heteroatoms. The molecule has 0 unspecified atom stereocenters. The van der Waals surface area contributed by atoms with Crippen molar-refractivity contribution in [2.75, 3.05) is 5.32 Å². The van der Waals surface area contributed by atoms with E-state index in [9.17, 15) is 4.79 Å². The second kappa shape index (κ2) is 5.30. The number of aryl methyl sites for hydroxylation is 1. The number of furan rings is 1. The van der Waals surface area contributed by atoms with Crippen molar-refractivity contribution in [2.24, 2.45) is 0 Å². The third-order valence-corrected chi connectivity index (χ3v) is 3.54. The van der Waals surface area contributed by atoms with Gasteiger partial charge in [0, 0.05) is 10.9 Å². The Kier molecular flexibility index (Phi) is 3.35. The van der Waals surface area contributed by atoms with Crippen LogP contribution < -0.4 is 5.32 Å². The van der Waals surface area contributed by atoms with E-state index in [1.54, 1.807) is 12.1 Å². The fourth-order valence-electron chi connectivity index (χ4n) is 1.83. The van der Waals surface area contributed by atoms with Crippen LogP contribution in [0.4, 0.5) is 5.13 Å². The van der Waals surface area contributed by atoms with Crippen molar-refractivity contribution < 1.29 is 9.21 Å². The van der Waals surface area contributed by atoms with Gasteiger partial charge in [-0.25, -0.2) is 4.98 Å². The van der Waals surface area contributed by atoms with Gasteiger partial charge in [0.1, 0.15) is 0 Å². The number of nitrogens with one attached hydrogen (secondary N) is 1. The van der Waals surface area contributed by atoms with E-state index < -0.39 is 0 Å². The number of aromatic nitrogens is 1. The van der Waals surface area contributed by atoms with Crippen LogP contribution in [0.2, 0.25) is 0 Å². The zero-order chi connectivity index (χ0) is 13.9. The number of amides is 1. The molecule has 0 atom stereocenters. The van der Waals surface area contributed by atoms with Crippen LogP contribution in [0.25, 0.3) is 11.3 Å². The minimum absolute atomic E-state index is 0.275. The summed E-state index contributed by atoms with van der Waals surface area (Å²) in [6.45, 7) is 2.04. The average Bonchev–Trinajstić information content (AvgIpc) is 3.10. The van der Waals surface area contributed by atoms with E-state index in [0.29, 0.717) is 5.13 Å². The summed E-state index contributed by atoms with van der Waals surface area (Å²) in [6.07, 6.45) is 1.47. The molecule has 3 rings (SSSR count). The minimum atomic E-state index is -0.292. The van der Waals surface area contributed by atoms with Gasteiger partial charge in [0.05, 0.1) is 12.0 Å². The normalized spacial score (nSPS) is 10.4. The zero-order valence-corrected chi connectivity index (χ0v) is 11.6. The van der Waals surface area contributed by atoms with E-state index in [1.165, 1.54) is 23.2 Å². The van der Waals surface area contributed by atoms with Crippen LogP contribution >= 0.6 is 11.3 Å². The molecule has 0 saturated heterocycles. The number of thiazole rings is 1. The summed E-state index contributed by atoms with van der Waals surface area (Å²) in [6, 6.07) is 11.4. The van der Waals surface area contributed by atoms with Gasteiger partial charge >= 0.3 is 0 Å². The molecular weight excluding hydrogens is 272 g/mol. The third kappa shape index (κ3) is 2.62. The molecule has 0 aliphatic heterocycles. The predicted molar refractivity (Wildman–Crippen MR) is 78.9 cm³/mol. The van der Waals surface area contributed by atoms with Crippen LogP contribution in [0.3, 0.4) is 0 Å². The first-order chi connectivity index (χ1) is 9.72. The molecule has 2 aromatic heterocycles. The van der Waals surface area contributed by atoms with Crippen molar-refractivity contribution in [1.29, 1.82) is 0 Å². The largest absolute Gasteiger partial charge is 0.459 e. The standard InChI is InChI=1S/C15H12N2O2S/c1-10-4-2-5-11(8-10)12-9-20-15(16-12)17-14(18)13-6-3-7-19-13/h2-9H,1H3,(H,16,17,18). The molecule has 0 fully saturated rings. The number of nitrogens with zero attached hydrogens (tertiary/aromatic N) is 1. The van der Waals surface area contributed by atoms with Gasteiger partial charge in [-0.1, -0.05) is 23.8 Å². The second-order valence-electron chi connectivity index (χ2n) is 4.34. The van der Waals surface area contributed by atoms with Crippen molar-refractivity contribution in [3.63, 3.8) is 0 Å². The van der Waals surface area contributed by atoms with Crippen LogP contribution in [0.1, 0.15) is 16.1 Å². The molecular formula is C15H12N2O2S. The Morgan fingerprint density at radius 1 is 1.30 bits per heavy atom. The lowest BCUT2D eigenvalue weighted by Gasteiger charge is -1.99. The molecule has 1 amide bonds. The van der Waals surface area contributed by atoms with E-state index in [0.717, 1.165) is 11.3 Å². The molecule has 0 aliphatic carbocycles. The summed E-state index contributed by atoms with van der Waals surface area (Å²) in [5, 5.41) is 5.21. The summed E-state index contributed by atoms with van der Waals surface area (Å²) >= 11 is 1.39. The molecule has 2 heterocycles. The number of carbonyl (C=O) groups is 1. The van der Waals surface area contributed by atoms with Crippen molar-refractivity contribution >= 4 is 22.4 Å². The molecule has 0 radical (unpaired) electrons. The number of benzene rings is 1. The molecule has 4 nitrogen and oxygen atoms in total. The molecule has 100 valence electrons. The van der Waals surface area contributed by atoms with Crippen LogP contribution in [-0.2, 0) is 0 Å². The minimum Gasteiger partial charge on any atom is -0.459 e. The highest BCUT2D eigenvalue weighted by Crippen LogP contribution is 2.25. The maximum Gasteiger partial charge on any atom is 0.293 e. The Labute approximate surface area is 120 Å². The van der Waals surface area contributed by atoms with Gasteiger partial charge in [-0.15, -0.1) is 11.3 Å². The van der Waals surface area contributed by atoms with Crippen LogP contribution in [0, 0.1) is 6.92 Å². The van der Waals surface area contributed by atoms with Gasteiger partial charge in [0.25, 0.3) is 5.91 Å². The highest BCUT2D eigenvalue weighted by molar-refractivity contribution is 7.14. The number of anilines is 1. The van der Waals surface area contributed by atoms with Crippen molar-refractivity contribution in [2.45, 2.75) is 6.92 Å². The highest BCUT2D eigenvalue weighted by atomic mass is 32.1. The molecule has 0 bridgehead atoms. The second-order valence-corrected chi connectivity index (χ2v) is 5.20. The van der Waals surface area contributed by atoms with Gasteiger partial charge in [-0.3, -0.25) is 10.1 Å². The summed E-state index contributed by atoms with van der Waals surface area (Å²) in [4.78, 5) is 16.3. The fourth-order valence-corrected chi connectivity index (χ4v) is 2.55. The van der Waals surface area contributed by atoms with E-state index >= 15 is 0 Å². The molecule has 20 heavy (non-hydrogen) atoms. The van der Waals surface area contributed by atoms with Crippen molar-refractivity contribution in [1.82, 2.24) is 4.98 Å². The highest BCUT2D eigenvalue weighted by Gasteiger charge is 2.11. The Morgan fingerprint density at radius 2 is 2.20 bits per heavy atom. The van der Waals surface area contributed by atoms with E-state index in [-0.39, 0.29) is 11.7 Å². The summed E-state index contributed by atoms with van der Waals surface area (Å²) in [7, 11) is 0. The van der Waals surface area contributed by atoms with E-state index in [2.05, 4.69) is 16.4 Å². The summed E-state index contributed by atoms with van der Waals surface area (Å²) in [5.74, 6) is -0.0163. The number of hydrogen-bond acceptors (Lipinski definition) is 4. The lowest BCUT2D eigenvalue weighted by Crippen LogP contribution is -2.10. The SMILES string of the molecule is Cc1cccc(-c2csc(NC(=O)c3ccco3)n2)c1. The quantitative estimate of drug-likeness (QED) is 0.792. The number of rotatable bonds is 3.